The van der Waals surface area contributed by atoms with Gasteiger partial charge < -0.3 is 20.9 Å². The highest BCUT2D eigenvalue weighted by Crippen LogP contribution is 2.28. The summed E-state index contributed by atoms with van der Waals surface area (Å²) in [4.78, 5) is 40.2. The van der Waals surface area contributed by atoms with E-state index in [4.69, 9.17) is 5.73 Å². The van der Waals surface area contributed by atoms with Gasteiger partial charge in [0.05, 0.1) is 6.04 Å². The van der Waals surface area contributed by atoms with Crippen molar-refractivity contribution < 1.29 is 27.6 Å². The monoisotopic (exact) mass is 498 g/mol. The van der Waals surface area contributed by atoms with E-state index in [9.17, 15) is 27.6 Å². The Morgan fingerprint density at radius 2 is 1.77 bits per heavy atom. The molecule has 1 aliphatic rings. The Labute approximate surface area is 205 Å². The summed E-state index contributed by atoms with van der Waals surface area (Å²) < 4.78 is 39.7. The molecule has 3 N–H and O–H groups in total. The molecule has 196 valence electrons. The van der Waals surface area contributed by atoms with Gasteiger partial charge in [0.2, 0.25) is 11.8 Å². The maximum Gasteiger partial charge on any atom is 0.471 e. The molecule has 2 rings (SSSR count). The van der Waals surface area contributed by atoms with Crippen LogP contribution < -0.4 is 11.1 Å². The van der Waals surface area contributed by atoms with Crippen molar-refractivity contribution in [1.82, 2.24) is 15.1 Å². The molecule has 35 heavy (non-hydrogen) atoms. The minimum Gasteiger partial charge on any atom is -0.342 e. The average molecular weight is 499 g/mol. The fourth-order valence-corrected chi connectivity index (χ4v) is 4.22. The minimum atomic E-state index is -4.97. The van der Waals surface area contributed by atoms with Crippen LogP contribution in [0.2, 0.25) is 0 Å². The van der Waals surface area contributed by atoms with Gasteiger partial charge in [-0.15, -0.1) is 0 Å². The zero-order valence-corrected chi connectivity index (χ0v) is 20.9. The van der Waals surface area contributed by atoms with E-state index in [1.54, 1.807) is 29.2 Å². The Hall–Kier alpha value is -2.62. The van der Waals surface area contributed by atoms with E-state index in [0.717, 1.165) is 10.5 Å². The average Bonchev–Trinajstić information content (AvgIpc) is 3.24. The number of halogens is 3. The largest absolute Gasteiger partial charge is 0.471 e. The fourth-order valence-electron chi connectivity index (χ4n) is 4.22. The van der Waals surface area contributed by atoms with Crippen LogP contribution in [0.5, 0.6) is 0 Å². The van der Waals surface area contributed by atoms with Gasteiger partial charge in [-0.3, -0.25) is 14.4 Å². The van der Waals surface area contributed by atoms with Crippen LogP contribution in [0.3, 0.4) is 0 Å². The van der Waals surface area contributed by atoms with E-state index in [1.807, 2.05) is 26.8 Å². The first-order chi connectivity index (χ1) is 16.2. The van der Waals surface area contributed by atoms with Crippen LogP contribution in [0.15, 0.2) is 30.3 Å². The van der Waals surface area contributed by atoms with Crippen LogP contribution in [-0.4, -0.2) is 71.5 Å². The summed E-state index contributed by atoms with van der Waals surface area (Å²) in [6, 6.07) is 7.08. The summed E-state index contributed by atoms with van der Waals surface area (Å²) in [5, 5.41) is 2.73. The van der Waals surface area contributed by atoms with Gasteiger partial charge in [0, 0.05) is 25.7 Å². The van der Waals surface area contributed by atoms with Crippen LogP contribution in [0, 0.1) is 5.41 Å². The lowest BCUT2D eigenvalue weighted by Gasteiger charge is -2.36. The molecule has 0 bridgehead atoms. The number of amides is 3. The molecule has 0 aliphatic carbocycles. The second-order valence-corrected chi connectivity index (χ2v) is 10.2. The van der Waals surface area contributed by atoms with Gasteiger partial charge in [-0.2, -0.15) is 13.2 Å². The van der Waals surface area contributed by atoms with Crippen molar-refractivity contribution in [2.24, 2.45) is 11.1 Å². The number of carbonyl (C=O) groups is 3. The molecule has 0 spiro atoms. The lowest BCUT2D eigenvalue weighted by Crippen LogP contribution is -2.58. The van der Waals surface area contributed by atoms with Crippen molar-refractivity contribution in [3.8, 4) is 0 Å². The predicted octanol–water partition coefficient (Wildman–Crippen LogP) is 2.88. The highest BCUT2D eigenvalue weighted by molar-refractivity contribution is 5.90. The molecule has 1 aliphatic heterocycles. The molecule has 1 saturated heterocycles. The van der Waals surface area contributed by atoms with Crippen molar-refractivity contribution in [3.05, 3.63) is 35.9 Å². The summed E-state index contributed by atoms with van der Waals surface area (Å²) >= 11 is 0. The topological polar surface area (TPSA) is 95.7 Å². The van der Waals surface area contributed by atoms with Crippen molar-refractivity contribution >= 4 is 17.7 Å². The number of nitrogens with two attached hydrogens (primary N) is 1. The van der Waals surface area contributed by atoms with Gasteiger partial charge >= 0.3 is 12.1 Å². The third-order valence-electron chi connectivity index (χ3n) is 6.25. The zero-order valence-electron chi connectivity index (χ0n) is 20.9. The maximum absolute atomic E-state index is 13.4. The molecule has 1 fully saturated rings. The number of hydrogen-bond acceptors (Lipinski definition) is 4. The molecule has 3 atom stereocenters. The summed E-state index contributed by atoms with van der Waals surface area (Å²) in [6.45, 7) is 7.27. The lowest BCUT2D eigenvalue weighted by atomic mass is 9.85. The molecule has 0 unspecified atom stereocenters. The van der Waals surface area contributed by atoms with E-state index in [0.29, 0.717) is 25.8 Å². The normalized spacial score (nSPS) is 18.2. The second kappa shape index (κ2) is 11.9. The summed E-state index contributed by atoms with van der Waals surface area (Å²) in [5.74, 6) is -2.61. The quantitative estimate of drug-likeness (QED) is 0.547. The second-order valence-electron chi connectivity index (χ2n) is 10.2. The van der Waals surface area contributed by atoms with Crippen molar-refractivity contribution in [2.45, 2.75) is 77.7 Å². The van der Waals surface area contributed by atoms with Crippen LogP contribution in [-0.2, 0) is 20.8 Å². The number of benzene rings is 1. The van der Waals surface area contributed by atoms with Crippen LogP contribution in [0.1, 0.15) is 52.5 Å². The zero-order chi connectivity index (χ0) is 26.4. The smallest absolute Gasteiger partial charge is 0.342 e. The highest BCUT2D eigenvalue weighted by atomic mass is 19.4. The number of alkyl halides is 3. The van der Waals surface area contributed by atoms with E-state index in [-0.39, 0.29) is 31.5 Å². The Bertz CT molecular complexity index is 869. The molecular formula is C25H37F3N4O3. The van der Waals surface area contributed by atoms with E-state index < -0.39 is 35.5 Å². The Balaban J connectivity index is 2.12. The molecular weight excluding hydrogens is 461 g/mol. The van der Waals surface area contributed by atoms with Gasteiger partial charge in [0.15, 0.2) is 0 Å². The molecule has 0 aromatic heterocycles. The number of carbonyl (C=O) groups excluding carboxylic acids is 3. The molecule has 1 aromatic rings. The van der Waals surface area contributed by atoms with Crippen LogP contribution in [0.25, 0.3) is 0 Å². The third-order valence-corrected chi connectivity index (χ3v) is 6.25. The molecule has 3 amide bonds. The Morgan fingerprint density at radius 3 is 2.31 bits per heavy atom. The first-order valence-electron chi connectivity index (χ1n) is 12.0. The molecule has 1 aromatic carbocycles. The Morgan fingerprint density at radius 1 is 1.14 bits per heavy atom. The van der Waals surface area contributed by atoms with E-state index >= 15 is 0 Å². The lowest BCUT2D eigenvalue weighted by molar-refractivity contribution is -0.185. The van der Waals surface area contributed by atoms with Crippen molar-refractivity contribution in [3.63, 3.8) is 0 Å². The molecule has 7 nitrogen and oxygen atoms in total. The summed E-state index contributed by atoms with van der Waals surface area (Å²) in [5.41, 5.74) is 5.90. The number of hydrogen-bond donors (Lipinski definition) is 2. The van der Waals surface area contributed by atoms with E-state index in [2.05, 4.69) is 5.32 Å². The minimum absolute atomic E-state index is 0.0713. The Kier molecular flexibility index (Phi) is 9.71. The summed E-state index contributed by atoms with van der Waals surface area (Å²) in [6.07, 6.45) is -3.13. The number of nitrogens with zero attached hydrogens (tertiary/aromatic N) is 2. The first kappa shape index (κ1) is 28.6. The summed E-state index contributed by atoms with van der Waals surface area (Å²) in [7, 11) is 0. The first-order valence-corrected chi connectivity index (χ1v) is 12.0. The fraction of sp³-hybridized carbons (Fsp3) is 0.640. The van der Waals surface area contributed by atoms with Crippen LogP contribution in [0.4, 0.5) is 13.2 Å². The molecule has 1 heterocycles. The van der Waals surface area contributed by atoms with Gasteiger partial charge in [-0.05, 0) is 43.6 Å². The molecule has 0 radical (unpaired) electrons. The van der Waals surface area contributed by atoms with Gasteiger partial charge in [-0.25, -0.2) is 0 Å². The highest BCUT2D eigenvalue weighted by Gasteiger charge is 2.43. The van der Waals surface area contributed by atoms with E-state index in [1.165, 1.54) is 6.92 Å². The maximum atomic E-state index is 13.4. The number of rotatable bonds is 9. The third kappa shape index (κ3) is 8.23. The van der Waals surface area contributed by atoms with Gasteiger partial charge in [0.1, 0.15) is 6.04 Å². The standard InChI is InChI=1S/C25H37F3N4O3/c1-17(29)21(33)30-20(24(2,3)4)22(34)32-14-8-11-19(32)13-16-31(23(35)25(26,27)28)15-12-18-9-6-5-7-10-18/h5-7,9-10,17,19-20H,8,11-16,29H2,1-4H3,(H,30,33)/t17-,19-,20+/m0/s1. The predicted molar refractivity (Wildman–Crippen MR) is 127 cm³/mol. The van der Waals surface area contributed by atoms with Crippen molar-refractivity contribution in [2.75, 3.05) is 19.6 Å². The van der Waals surface area contributed by atoms with Crippen LogP contribution >= 0.6 is 0 Å². The van der Waals surface area contributed by atoms with Gasteiger partial charge in [-0.1, -0.05) is 51.1 Å². The molecule has 10 heteroatoms. The van der Waals surface area contributed by atoms with Gasteiger partial charge in [0.25, 0.3) is 0 Å². The van der Waals surface area contributed by atoms with Crippen molar-refractivity contribution in [1.29, 1.82) is 0 Å². The molecule has 0 saturated carbocycles. The number of nitrogens with one attached hydrogen (secondary N) is 1. The SMILES string of the molecule is C[C@H](N)C(=O)N[C@H](C(=O)N1CCC[C@H]1CCN(CCc1ccccc1)C(=O)C(F)(F)F)C(C)(C)C. The number of likely N-dealkylation sites (tertiary alicyclic amines) is 1.